The molecule has 1 aromatic rings. The van der Waals surface area contributed by atoms with Crippen molar-refractivity contribution in [2.24, 2.45) is 10.2 Å². The van der Waals surface area contributed by atoms with Crippen LogP contribution in [0, 0.1) is 0 Å². The van der Waals surface area contributed by atoms with Crippen LogP contribution in [-0.2, 0) is 25.2 Å². The van der Waals surface area contributed by atoms with Crippen LogP contribution in [0.5, 0.6) is 0 Å². The maximum Gasteiger partial charge on any atom is 0.427 e. The Bertz CT molecular complexity index is 886. The minimum absolute atomic E-state index is 0.0881. The van der Waals surface area contributed by atoms with E-state index in [0.29, 0.717) is 48.4 Å². The molecule has 3 rings (SSSR count). The van der Waals surface area contributed by atoms with Gasteiger partial charge in [0.2, 0.25) is 5.91 Å². The number of rotatable bonds is 8. The van der Waals surface area contributed by atoms with E-state index in [2.05, 4.69) is 31.1 Å². The van der Waals surface area contributed by atoms with Crippen molar-refractivity contribution in [1.29, 1.82) is 0 Å². The topological polar surface area (TPSA) is 96.7 Å². The zero-order chi connectivity index (χ0) is 23.3. The first-order valence-corrected chi connectivity index (χ1v) is 11.5. The number of alkyl halides is 4. The minimum Gasteiger partial charge on any atom is -0.489 e. The number of thiazole rings is 1. The van der Waals surface area contributed by atoms with Gasteiger partial charge in [-0.2, -0.15) is 18.3 Å². The molecule has 0 N–H and O–H groups in total. The van der Waals surface area contributed by atoms with Gasteiger partial charge in [-0.15, -0.1) is 5.11 Å². The summed E-state index contributed by atoms with van der Waals surface area (Å²) in [5.41, 5.74) is 0. The molecule has 176 valence electrons. The predicted molar refractivity (Wildman–Crippen MR) is 113 cm³/mol. The highest BCUT2D eigenvalue weighted by molar-refractivity contribution is 9.10. The van der Waals surface area contributed by atoms with E-state index in [1.807, 2.05) is 0 Å². The van der Waals surface area contributed by atoms with Gasteiger partial charge in [-0.05, 0) is 6.92 Å². The van der Waals surface area contributed by atoms with Gasteiger partial charge in [0.05, 0.1) is 32.0 Å². The first kappa shape index (κ1) is 24.6. The average Bonchev–Trinajstić information content (AvgIpc) is 3.25. The summed E-state index contributed by atoms with van der Waals surface area (Å²) in [6.45, 7) is 3.83. The zero-order valence-electron chi connectivity index (χ0n) is 17.0. The second-order valence-electron chi connectivity index (χ2n) is 7.07. The zero-order valence-corrected chi connectivity index (χ0v) is 19.5. The number of aromatic nitrogens is 1. The lowest BCUT2D eigenvalue weighted by Gasteiger charge is -2.34. The van der Waals surface area contributed by atoms with E-state index in [4.69, 9.17) is 9.47 Å². The Labute approximate surface area is 194 Å². The van der Waals surface area contributed by atoms with E-state index < -0.39 is 21.8 Å². The highest BCUT2D eigenvalue weighted by atomic mass is 79.9. The van der Waals surface area contributed by atoms with Crippen LogP contribution in [0.3, 0.4) is 0 Å². The monoisotopic (exact) mass is 539 g/mol. The Morgan fingerprint density at radius 1 is 1.34 bits per heavy atom. The van der Waals surface area contributed by atoms with Gasteiger partial charge in [-0.3, -0.25) is 9.59 Å². The molecule has 1 aromatic heterocycles. The number of anilines is 1. The summed E-state index contributed by atoms with van der Waals surface area (Å²) in [6, 6.07) is 0. The molecule has 1 unspecified atom stereocenters. The highest BCUT2D eigenvalue weighted by Crippen LogP contribution is 2.36. The Morgan fingerprint density at radius 2 is 2.06 bits per heavy atom. The largest absolute Gasteiger partial charge is 0.489 e. The van der Waals surface area contributed by atoms with Crippen LogP contribution in [0.1, 0.15) is 18.2 Å². The second kappa shape index (κ2) is 10.7. The number of nitrogens with zero attached hydrogens (tertiary/aromatic N) is 5. The molecule has 0 radical (unpaired) electrons. The van der Waals surface area contributed by atoms with Crippen LogP contribution >= 0.6 is 27.3 Å². The van der Waals surface area contributed by atoms with Crippen molar-refractivity contribution in [1.82, 2.24) is 9.88 Å². The van der Waals surface area contributed by atoms with Crippen molar-refractivity contribution in [3.63, 3.8) is 0 Å². The van der Waals surface area contributed by atoms with E-state index >= 15 is 0 Å². The van der Waals surface area contributed by atoms with Crippen LogP contribution in [0.25, 0.3) is 0 Å². The maximum atomic E-state index is 12.7. The van der Waals surface area contributed by atoms with E-state index in [1.54, 1.807) is 16.7 Å². The summed E-state index contributed by atoms with van der Waals surface area (Å²) in [7, 11) is 0. The molecule has 32 heavy (non-hydrogen) atoms. The number of amides is 2. The van der Waals surface area contributed by atoms with E-state index in [1.165, 1.54) is 6.20 Å². The molecule has 1 saturated heterocycles. The van der Waals surface area contributed by atoms with Gasteiger partial charge in [-0.25, -0.2) is 4.98 Å². The van der Waals surface area contributed by atoms with Gasteiger partial charge in [0, 0.05) is 26.2 Å². The number of piperazine rings is 1. The SMILES string of the molecule is C[C@@H](COCCC(=O)N1CCN(c2ncc(C(F)(F)F)s2)CC1)OC1=CN=NC(=O)C1Br. The number of hydrogen-bond acceptors (Lipinski definition) is 8. The molecule has 2 aliphatic heterocycles. The Morgan fingerprint density at radius 3 is 2.72 bits per heavy atom. The fourth-order valence-electron chi connectivity index (χ4n) is 2.99. The van der Waals surface area contributed by atoms with Crippen LogP contribution < -0.4 is 4.90 Å². The molecule has 0 bridgehead atoms. The van der Waals surface area contributed by atoms with Gasteiger partial charge in [0.1, 0.15) is 16.7 Å². The highest BCUT2D eigenvalue weighted by Gasteiger charge is 2.34. The molecular weight excluding hydrogens is 519 g/mol. The number of carbonyl (C=O) groups excluding carboxylic acids is 2. The third-order valence-corrected chi connectivity index (χ3v) is 6.58. The third kappa shape index (κ3) is 6.48. The fourth-order valence-corrected chi connectivity index (χ4v) is 4.15. The summed E-state index contributed by atoms with van der Waals surface area (Å²) in [5.74, 6) is -0.190. The molecule has 0 aliphatic carbocycles. The molecule has 2 atom stereocenters. The van der Waals surface area contributed by atoms with Crippen molar-refractivity contribution >= 4 is 44.2 Å². The summed E-state index contributed by atoms with van der Waals surface area (Å²) in [6.07, 6.45) is -2.39. The molecule has 9 nitrogen and oxygen atoms in total. The average molecular weight is 540 g/mol. The van der Waals surface area contributed by atoms with Crippen LogP contribution in [0.15, 0.2) is 28.4 Å². The number of carbonyl (C=O) groups is 2. The third-order valence-electron chi connectivity index (χ3n) is 4.63. The van der Waals surface area contributed by atoms with Crippen molar-refractivity contribution in [3.8, 4) is 0 Å². The summed E-state index contributed by atoms with van der Waals surface area (Å²) >= 11 is 3.78. The molecule has 14 heteroatoms. The molecule has 0 spiro atoms. The van der Waals surface area contributed by atoms with Gasteiger partial charge in [-0.1, -0.05) is 27.3 Å². The molecule has 2 aliphatic rings. The van der Waals surface area contributed by atoms with Gasteiger partial charge >= 0.3 is 6.18 Å². The van der Waals surface area contributed by atoms with Crippen LogP contribution in [0.4, 0.5) is 18.3 Å². The van der Waals surface area contributed by atoms with E-state index in [9.17, 15) is 22.8 Å². The molecule has 0 saturated carbocycles. The lowest BCUT2D eigenvalue weighted by atomic mass is 10.3. The van der Waals surface area contributed by atoms with Crippen LogP contribution in [-0.4, -0.2) is 72.0 Å². The number of azo groups is 1. The molecule has 1 fully saturated rings. The lowest BCUT2D eigenvalue weighted by molar-refractivity contribution is -0.134. The normalized spacial score (nSPS) is 20.3. The standard InChI is InChI=1S/C18H21BrF3N5O4S/c1-11(31-12-8-24-25-16(29)15(12)19)10-30-7-2-14(28)26-3-5-27(6-4-26)17-23-9-13(32-17)18(20,21)22/h8-9,11,15H,2-7,10H2,1H3/t11-,15?/m0/s1. The second-order valence-corrected chi connectivity index (χ2v) is 9.00. The van der Waals surface area contributed by atoms with Crippen molar-refractivity contribution in [2.45, 2.75) is 30.5 Å². The van der Waals surface area contributed by atoms with Crippen molar-refractivity contribution < 1.29 is 32.2 Å². The quantitative estimate of drug-likeness (QED) is 0.371. The van der Waals surface area contributed by atoms with E-state index in [0.717, 1.165) is 6.20 Å². The first-order valence-electron chi connectivity index (χ1n) is 9.74. The first-order chi connectivity index (χ1) is 15.1. The van der Waals surface area contributed by atoms with Gasteiger partial charge in [0.25, 0.3) is 5.91 Å². The van der Waals surface area contributed by atoms with Crippen molar-refractivity contribution in [2.75, 3.05) is 44.3 Å². The molecular formula is C18H21BrF3N5O4S. The van der Waals surface area contributed by atoms with Crippen molar-refractivity contribution in [3.05, 3.63) is 23.0 Å². The Balaban J connectivity index is 1.34. The molecule has 0 aromatic carbocycles. The predicted octanol–water partition coefficient (Wildman–Crippen LogP) is 3.22. The minimum atomic E-state index is -4.40. The number of ether oxygens (including phenoxy) is 2. The van der Waals surface area contributed by atoms with E-state index in [-0.39, 0.29) is 31.6 Å². The smallest absolute Gasteiger partial charge is 0.427 e. The lowest BCUT2D eigenvalue weighted by Crippen LogP contribution is -2.49. The van der Waals surface area contributed by atoms with Crippen LogP contribution in [0.2, 0.25) is 0 Å². The maximum absolute atomic E-state index is 12.7. The number of hydrogen-bond donors (Lipinski definition) is 0. The summed E-state index contributed by atoms with van der Waals surface area (Å²) < 4.78 is 49.3. The summed E-state index contributed by atoms with van der Waals surface area (Å²) in [5, 5.41) is 7.27. The number of halogens is 4. The Kier molecular flexibility index (Phi) is 8.22. The van der Waals surface area contributed by atoms with Gasteiger partial charge in [0.15, 0.2) is 9.96 Å². The molecule has 3 heterocycles. The molecule has 2 amide bonds. The van der Waals surface area contributed by atoms with Gasteiger partial charge < -0.3 is 19.3 Å². The Hall–Kier alpha value is -2.06. The fraction of sp³-hybridized carbons (Fsp3) is 0.611. The summed E-state index contributed by atoms with van der Waals surface area (Å²) in [4.78, 5) is 29.7.